The summed E-state index contributed by atoms with van der Waals surface area (Å²) in [4.78, 5) is 16.2. The first-order valence-electron chi connectivity index (χ1n) is 20.9. The summed E-state index contributed by atoms with van der Waals surface area (Å²) >= 11 is 0. The maximum Gasteiger partial charge on any atom is 0.164 e. The SMILES string of the molecule is c1ccc(-c2ccccc2-c2nc(-c3ccc4c(c3)C3(c5ccccc5-c5ccccc5-c5ccccc53)c3ccccc3-4)nc(-c3ccccc3-c3ccccc3)n2)cc1. The molecular weight excluding hydrogens is 739 g/mol. The zero-order valence-electron chi connectivity index (χ0n) is 33.2. The molecule has 61 heavy (non-hydrogen) atoms. The zero-order chi connectivity index (χ0) is 40.3. The van der Waals surface area contributed by atoms with Gasteiger partial charge in [0.05, 0.1) is 5.41 Å². The normalized spacial score (nSPS) is 12.7. The van der Waals surface area contributed by atoms with E-state index in [0.29, 0.717) is 17.5 Å². The van der Waals surface area contributed by atoms with Crippen molar-refractivity contribution in [3.8, 4) is 89.8 Å². The fraction of sp³-hybridized carbons (Fsp3) is 0.0172. The molecule has 0 fully saturated rings. The second-order valence-corrected chi connectivity index (χ2v) is 15.8. The third-order valence-corrected chi connectivity index (χ3v) is 12.6. The van der Waals surface area contributed by atoms with E-state index in [1.165, 1.54) is 55.6 Å². The van der Waals surface area contributed by atoms with Crippen LogP contribution in [-0.2, 0) is 5.41 Å². The van der Waals surface area contributed by atoms with Crippen LogP contribution in [0.1, 0.15) is 22.3 Å². The number of nitrogens with zero attached hydrogens (tertiary/aromatic N) is 3. The van der Waals surface area contributed by atoms with Crippen LogP contribution in [0.25, 0.3) is 89.8 Å². The van der Waals surface area contributed by atoms with Gasteiger partial charge in [0.15, 0.2) is 17.5 Å². The lowest BCUT2D eigenvalue weighted by Crippen LogP contribution is -2.29. The molecule has 0 saturated heterocycles. The van der Waals surface area contributed by atoms with E-state index in [1.54, 1.807) is 0 Å². The Balaban J connectivity index is 1.15. The molecule has 3 nitrogen and oxygen atoms in total. The largest absolute Gasteiger partial charge is 0.208 e. The second kappa shape index (κ2) is 14.1. The predicted octanol–water partition coefficient (Wildman–Crippen LogP) is 14.2. The van der Waals surface area contributed by atoms with Crippen LogP contribution in [0.15, 0.2) is 224 Å². The van der Waals surface area contributed by atoms with Crippen molar-refractivity contribution in [2.75, 3.05) is 0 Å². The van der Waals surface area contributed by atoms with Crippen LogP contribution in [0.3, 0.4) is 0 Å². The van der Waals surface area contributed by atoms with Gasteiger partial charge in [-0.3, -0.25) is 0 Å². The number of hydrogen-bond donors (Lipinski definition) is 0. The summed E-state index contributed by atoms with van der Waals surface area (Å²) < 4.78 is 0. The molecule has 284 valence electrons. The van der Waals surface area contributed by atoms with Gasteiger partial charge in [0.2, 0.25) is 0 Å². The minimum atomic E-state index is -0.618. The Labute approximate surface area is 355 Å². The molecule has 0 aliphatic heterocycles. The first kappa shape index (κ1) is 35.0. The van der Waals surface area contributed by atoms with E-state index in [1.807, 2.05) is 0 Å². The fourth-order valence-corrected chi connectivity index (χ4v) is 10.0. The van der Waals surface area contributed by atoms with E-state index < -0.39 is 5.41 Å². The molecule has 2 aliphatic carbocycles. The van der Waals surface area contributed by atoms with E-state index in [4.69, 9.17) is 15.0 Å². The van der Waals surface area contributed by atoms with E-state index in [2.05, 4.69) is 224 Å². The Morgan fingerprint density at radius 3 is 1.00 bits per heavy atom. The molecule has 1 heterocycles. The molecule has 1 aromatic heterocycles. The van der Waals surface area contributed by atoms with Crippen LogP contribution in [0.5, 0.6) is 0 Å². The van der Waals surface area contributed by atoms with Gasteiger partial charge >= 0.3 is 0 Å². The summed E-state index contributed by atoms with van der Waals surface area (Å²) in [6.45, 7) is 0. The summed E-state index contributed by atoms with van der Waals surface area (Å²) in [6, 6.07) is 80.5. The van der Waals surface area contributed by atoms with Crippen molar-refractivity contribution >= 4 is 0 Å². The van der Waals surface area contributed by atoms with Gasteiger partial charge in [0.25, 0.3) is 0 Å². The number of aromatic nitrogens is 3. The summed E-state index contributed by atoms with van der Waals surface area (Å²) in [6.07, 6.45) is 0. The quantitative estimate of drug-likeness (QED) is 0.175. The maximum atomic E-state index is 5.41. The van der Waals surface area contributed by atoms with Gasteiger partial charge in [-0.15, -0.1) is 0 Å². The molecule has 12 rings (SSSR count). The average Bonchev–Trinajstić information content (AvgIpc) is 3.58. The van der Waals surface area contributed by atoms with Gasteiger partial charge in [-0.1, -0.05) is 218 Å². The van der Waals surface area contributed by atoms with E-state index in [-0.39, 0.29) is 0 Å². The van der Waals surface area contributed by atoms with Gasteiger partial charge in [0.1, 0.15) is 0 Å². The molecule has 10 aromatic rings. The van der Waals surface area contributed by atoms with E-state index >= 15 is 0 Å². The molecule has 9 aromatic carbocycles. The summed E-state index contributed by atoms with van der Waals surface area (Å²) in [5.41, 5.74) is 19.0. The molecule has 1 spiro atoms. The van der Waals surface area contributed by atoms with Gasteiger partial charge in [-0.05, 0) is 84.0 Å². The molecule has 0 N–H and O–H groups in total. The highest BCUT2D eigenvalue weighted by Gasteiger charge is 2.49. The van der Waals surface area contributed by atoms with Crippen molar-refractivity contribution in [2.45, 2.75) is 5.41 Å². The molecule has 0 radical (unpaired) electrons. The summed E-state index contributed by atoms with van der Waals surface area (Å²) in [7, 11) is 0. The van der Waals surface area contributed by atoms with Crippen molar-refractivity contribution < 1.29 is 0 Å². The zero-order valence-corrected chi connectivity index (χ0v) is 33.2. The highest BCUT2D eigenvalue weighted by molar-refractivity contribution is 5.98. The fourth-order valence-electron chi connectivity index (χ4n) is 10.0. The number of hydrogen-bond acceptors (Lipinski definition) is 3. The highest BCUT2D eigenvalue weighted by atomic mass is 15.0. The topological polar surface area (TPSA) is 38.7 Å². The Bertz CT molecular complexity index is 3150. The van der Waals surface area contributed by atoms with Crippen molar-refractivity contribution in [1.29, 1.82) is 0 Å². The maximum absolute atomic E-state index is 5.41. The molecule has 0 unspecified atom stereocenters. The molecule has 0 saturated carbocycles. The van der Waals surface area contributed by atoms with Gasteiger partial charge in [-0.25, -0.2) is 15.0 Å². The summed E-state index contributed by atoms with van der Waals surface area (Å²) in [5.74, 6) is 1.88. The first-order chi connectivity index (χ1) is 30.3. The van der Waals surface area contributed by atoms with Gasteiger partial charge in [0, 0.05) is 16.7 Å². The second-order valence-electron chi connectivity index (χ2n) is 15.8. The average molecular weight is 776 g/mol. The number of benzene rings is 9. The van der Waals surface area contributed by atoms with Crippen LogP contribution in [-0.4, -0.2) is 15.0 Å². The van der Waals surface area contributed by atoms with Crippen molar-refractivity contribution in [3.63, 3.8) is 0 Å². The molecular formula is C58H37N3. The molecule has 3 heteroatoms. The Hall–Kier alpha value is -8.01. The lowest BCUT2D eigenvalue weighted by Gasteiger charge is -2.35. The lowest BCUT2D eigenvalue weighted by molar-refractivity contribution is 0.775. The van der Waals surface area contributed by atoms with Crippen LogP contribution in [0, 0.1) is 0 Å². The number of rotatable bonds is 5. The van der Waals surface area contributed by atoms with E-state index in [9.17, 15) is 0 Å². The van der Waals surface area contributed by atoms with E-state index in [0.717, 1.165) is 38.9 Å². The van der Waals surface area contributed by atoms with Crippen LogP contribution < -0.4 is 0 Å². The van der Waals surface area contributed by atoms with Crippen LogP contribution >= 0.6 is 0 Å². The summed E-state index contributed by atoms with van der Waals surface area (Å²) in [5, 5.41) is 0. The lowest BCUT2D eigenvalue weighted by atomic mass is 9.66. The minimum absolute atomic E-state index is 0.618. The Morgan fingerprint density at radius 2 is 0.541 bits per heavy atom. The van der Waals surface area contributed by atoms with Crippen LogP contribution in [0.4, 0.5) is 0 Å². The van der Waals surface area contributed by atoms with Crippen molar-refractivity contribution in [2.24, 2.45) is 0 Å². The highest BCUT2D eigenvalue weighted by Crippen LogP contribution is 2.61. The standard InChI is InChI=1S/C58H37N3/c1-3-19-38(20-4-1)41-23-7-11-30-49(41)56-59-55(60-57(61-56)50-31-12-8-24-42(50)39-21-5-2-6-22-39)40-35-36-48-47-29-15-18-34-53(47)58(54(48)37-40)51-32-16-13-27-45(51)43-25-9-10-26-44(43)46-28-14-17-33-52(46)58/h1-37H. The van der Waals surface area contributed by atoms with Crippen molar-refractivity contribution in [1.82, 2.24) is 15.0 Å². The van der Waals surface area contributed by atoms with Gasteiger partial charge < -0.3 is 0 Å². The Morgan fingerprint density at radius 1 is 0.213 bits per heavy atom. The third kappa shape index (κ3) is 5.41. The van der Waals surface area contributed by atoms with Crippen molar-refractivity contribution in [3.05, 3.63) is 247 Å². The van der Waals surface area contributed by atoms with Gasteiger partial charge in [-0.2, -0.15) is 0 Å². The molecule has 0 atom stereocenters. The predicted molar refractivity (Wildman–Crippen MR) is 249 cm³/mol. The van der Waals surface area contributed by atoms with Crippen LogP contribution in [0.2, 0.25) is 0 Å². The molecule has 0 bridgehead atoms. The third-order valence-electron chi connectivity index (χ3n) is 12.6. The Kier molecular flexibility index (Phi) is 8.07. The minimum Gasteiger partial charge on any atom is -0.208 e. The first-order valence-corrected chi connectivity index (χ1v) is 20.9. The number of fused-ring (bicyclic) bond motifs is 12. The smallest absolute Gasteiger partial charge is 0.164 e. The monoisotopic (exact) mass is 775 g/mol. The molecule has 0 amide bonds. The molecule has 2 aliphatic rings.